The zero-order valence-corrected chi connectivity index (χ0v) is 12.3. The topological polar surface area (TPSA) is 50.7 Å². The average molecular weight is 265 g/mol. The van der Waals surface area contributed by atoms with E-state index < -0.39 is 6.10 Å². The van der Waals surface area contributed by atoms with Crippen LogP contribution in [-0.2, 0) is 9.47 Å². The molecule has 0 aromatic heterocycles. The van der Waals surface area contributed by atoms with Crippen LogP contribution in [-0.4, -0.2) is 62.2 Å². The molecule has 0 rings (SSSR count). The molecule has 0 aromatic rings. The molecule has 3 unspecified atom stereocenters. The van der Waals surface area contributed by atoms with Crippen molar-refractivity contribution in [3.8, 4) is 0 Å². The van der Waals surface area contributed by atoms with Crippen molar-refractivity contribution in [3.63, 3.8) is 0 Å². The van der Waals surface area contributed by atoms with Crippen molar-refractivity contribution in [2.45, 2.75) is 38.5 Å². The van der Waals surface area contributed by atoms with Gasteiger partial charge >= 0.3 is 0 Å². The lowest BCUT2D eigenvalue weighted by atomic mass is 10.2. The molecule has 17 heavy (non-hydrogen) atoms. The van der Waals surface area contributed by atoms with Crippen LogP contribution in [0.25, 0.3) is 0 Å². The van der Waals surface area contributed by atoms with Crippen LogP contribution >= 0.6 is 11.8 Å². The standard InChI is InChI=1S/C12H27NO3S/c1-5-11(9-17-4)13-6-12(14)8-16-10(2)7-15-3/h10-14H,5-9H2,1-4H3. The molecule has 0 aromatic carbocycles. The number of rotatable bonds is 11. The fourth-order valence-electron chi connectivity index (χ4n) is 1.44. The fourth-order valence-corrected chi connectivity index (χ4v) is 2.20. The maximum Gasteiger partial charge on any atom is 0.0897 e. The Morgan fingerprint density at radius 1 is 1.35 bits per heavy atom. The van der Waals surface area contributed by atoms with Crippen LogP contribution in [0, 0.1) is 0 Å². The molecule has 104 valence electrons. The van der Waals surface area contributed by atoms with Crippen molar-refractivity contribution >= 4 is 11.8 Å². The van der Waals surface area contributed by atoms with Crippen LogP contribution in [0.4, 0.5) is 0 Å². The minimum atomic E-state index is -0.454. The number of thioether (sulfide) groups is 1. The molecule has 0 radical (unpaired) electrons. The zero-order valence-electron chi connectivity index (χ0n) is 11.4. The van der Waals surface area contributed by atoms with E-state index in [4.69, 9.17) is 9.47 Å². The molecule has 0 aliphatic rings. The summed E-state index contributed by atoms with van der Waals surface area (Å²) in [6.07, 6.45) is 2.75. The highest BCUT2D eigenvalue weighted by Crippen LogP contribution is 2.01. The van der Waals surface area contributed by atoms with Gasteiger partial charge in [-0.1, -0.05) is 6.92 Å². The number of methoxy groups -OCH3 is 1. The summed E-state index contributed by atoms with van der Waals surface area (Å²) >= 11 is 1.82. The van der Waals surface area contributed by atoms with Gasteiger partial charge < -0.3 is 19.9 Å². The maximum absolute atomic E-state index is 9.74. The highest BCUT2D eigenvalue weighted by atomic mass is 32.2. The number of nitrogens with one attached hydrogen (secondary N) is 1. The molecule has 0 saturated carbocycles. The Balaban J connectivity index is 3.60. The second-order valence-electron chi connectivity index (χ2n) is 4.22. The minimum Gasteiger partial charge on any atom is -0.389 e. The van der Waals surface area contributed by atoms with Crippen molar-refractivity contribution in [3.05, 3.63) is 0 Å². The number of hydrogen-bond donors (Lipinski definition) is 2. The van der Waals surface area contributed by atoms with E-state index in [1.165, 1.54) is 0 Å². The van der Waals surface area contributed by atoms with Gasteiger partial charge in [-0.3, -0.25) is 0 Å². The minimum absolute atomic E-state index is 0.0304. The van der Waals surface area contributed by atoms with E-state index in [2.05, 4.69) is 18.5 Å². The molecule has 0 fully saturated rings. The lowest BCUT2D eigenvalue weighted by Crippen LogP contribution is -2.39. The van der Waals surface area contributed by atoms with Crippen LogP contribution in [0.5, 0.6) is 0 Å². The molecule has 4 nitrogen and oxygen atoms in total. The van der Waals surface area contributed by atoms with Gasteiger partial charge in [0.15, 0.2) is 0 Å². The predicted molar refractivity (Wildman–Crippen MR) is 73.8 cm³/mol. The SMILES string of the molecule is CCC(CSC)NCC(O)COC(C)COC. The molecular formula is C12H27NO3S. The van der Waals surface area contributed by atoms with E-state index in [9.17, 15) is 5.11 Å². The van der Waals surface area contributed by atoms with Gasteiger partial charge in [-0.25, -0.2) is 0 Å². The first kappa shape index (κ1) is 17.2. The Labute approximate surface area is 109 Å². The summed E-state index contributed by atoms with van der Waals surface area (Å²) in [5.41, 5.74) is 0. The number of ether oxygens (including phenoxy) is 2. The van der Waals surface area contributed by atoms with E-state index >= 15 is 0 Å². The molecule has 0 spiro atoms. The summed E-state index contributed by atoms with van der Waals surface area (Å²) in [6.45, 7) is 5.58. The molecule has 5 heteroatoms. The summed E-state index contributed by atoms with van der Waals surface area (Å²) < 4.78 is 10.4. The van der Waals surface area contributed by atoms with Gasteiger partial charge in [-0.15, -0.1) is 0 Å². The van der Waals surface area contributed by atoms with Crippen molar-refractivity contribution in [1.29, 1.82) is 0 Å². The third kappa shape index (κ3) is 9.85. The van der Waals surface area contributed by atoms with Gasteiger partial charge in [0.05, 0.1) is 25.4 Å². The van der Waals surface area contributed by atoms with E-state index in [0.717, 1.165) is 12.2 Å². The summed E-state index contributed by atoms with van der Waals surface area (Å²) in [4.78, 5) is 0. The third-order valence-electron chi connectivity index (χ3n) is 2.48. The normalized spacial score (nSPS) is 16.8. The molecule has 0 aliphatic carbocycles. The van der Waals surface area contributed by atoms with E-state index in [-0.39, 0.29) is 6.10 Å². The van der Waals surface area contributed by atoms with Crippen molar-refractivity contribution in [2.24, 2.45) is 0 Å². The van der Waals surface area contributed by atoms with Gasteiger partial charge in [-0.05, 0) is 19.6 Å². The molecule has 0 aliphatic heterocycles. The Hall–Kier alpha value is 0.190. The summed E-state index contributed by atoms with van der Waals surface area (Å²) in [7, 11) is 1.64. The maximum atomic E-state index is 9.74. The van der Waals surface area contributed by atoms with Gasteiger partial charge in [-0.2, -0.15) is 11.8 Å². The second-order valence-corrected chi connectivity index (χ2v) is 5.13. The van der Waals surface area contributed by atoms with Gasteiger partial charge in [0, 0.05) is 25.4 Å². The molecule has 0 amide bonds. The molecule has 0 heterocycles. The Kier molecular flexibility index (Phi) is 11.4. The number of aliphatic hydroxyl groups is 1. The summed E-state index contributed by atoms with van der Waals surface area (Å²) in [6, 6.07) is 0.469. The second kappa shape index (κ2) is 11.3. The predicted octanol–water partition coefficient (Wildman–Crippen LogP) is 1.13. The fraction of sp³-hybridized carbons (Fsp3) is 1.00. The van der Waals surface area contributed by atoms with Crippen molar-refractivity contribution in [2.75, 3.05) is 38.9 Å². The summed E-state index contributed by atoms with van der Waals surface area (Å²) in [5, 5.41) is 13.1. The molecule has 2 N–H and O–H groups in total. The van der Waals surface area contributed by atoms with Crippen LogP contribution in [0.1, 0.15) is 20.3 Å². The van der Waals surface area contributed by atoms with Gasteiger partial charge in [0.25, 0.3) is 0 Å². The Morgan fingerprint density at radius 2 is 2.06 bits per heavy atom. The molecule has 0 saturated heterocycles. The zero-order chi connectivity index (χ0) is 13.1. The van der Waals surface area contributed by atoms with Gasteiger partial charge in [0.2, 0.25) is 0 Å². The van der Waals surface area contributed by atoms with E-state index in [0.29, 0.717) is 25.8 Å². The van der Waals surface area contributed by atoms with Crippen molar-refractivity contribution in [1.82, 2.24) is 5.32 Å². The lowest BCUT2D eigenvalue weighted by Gasteiger charge is -2.20. The van der Waals surface area contributed by atoms with Crippen molar-refractivity contribution < 1.29 is 14.6 Å². The van der Waals surface area contributed by atoms with Crippen LogP contribution in [0.3, 0.4) is 0 Å². The Bertz CT molecular complexity index is 172. The van der Waals surface area contributed by atoms with Crippen LogP contribution < -0.4 is 5.32 Å². The monoisotopic (exact) mass is 265 g/mol. The first-order valence-electron chi connectivity index (χ1n) is 6.14. The average Bonchev–Trinajstić information content (AvgIpc) is 2.32. The summed E-state index contributed by atoms with van der Waals surface area (Å²) in [5.74, 6) is 1.07. The molecule has 3 atom stereocenters. The van der Waals surface area contributed by atoms with Crippen LogP contribution in [0.2, 0.25) is 0 Å². The largest absolute Gasteiger partial charge is 0.389 e. The van der Waals surface area contributed by atoms with Crippen LogP contribution in [0.15, 0.2) is 0 Å². The quantitative estimate of drug-likeness (QED) is 0.586. The highest BCUT2D eigenvalue weighted by molar-refractivity contribution is 7.98. The Morgan fingerprint density at radius 3 is 2.59 bits per heavy atom. The highest BCUT2D eigenvalue weighted by Gasteiger charge is 2.10. The van der Waals surface area contributed by atoms with Gasteiger partial charge in [0.1, 0.15) is 0 Å². The van der Waals surface area contributed by atoms with E-state index in [1.54, 1.807) is 7.11 Å². The molecule has 0 bridgehead atoms. The smallest absolute Gasteiger partial charge is 0.0897 e. The van der Waals surface area contributed by atoms with E-state index in [1.807, 2.05) is 18.7 Å². The molecular weight excluding hydrogens is 238 g/mol. The first-order valence-corrected chi connectivity index (χ1v) is 7.54. The first-order chi connectivity index (χ1) is 8.13. The lowest BCUT2D eigenvalue weighted by molar-refractivity contribution is -0.0314. The third-order valence-corrected chi connectivity index (χ3v) is 3.21. The number of hydrogen-bond acceptors (Lipinski definition) is 5. The number of aliphatic hydroxyl groups excluding tert-OH is 1.